The van der Waals surface area contributed by atoms with Crippen LogP contribution < -0.4 is 15.0 Å². The second-order valence-electron chi connectivity index (χ2n) is 5.49. The molecule has 0 spiro atoms. The quantitative estimate of drug-likeness (QED) is 0.842. The maximum Gasteiger partial charge on any atom is 0.387 e. The van der Waals surface area contributed by atoms with Crippen LogP contribution in [0.25, 0.3) is 0 Å². The third-order valence-corrected chi connectivity index (χ3v) is 3.82. The van der Waals surface area contributed by atoms with Crippen molar-refractivity contribution in [1.29, 1.82) is 0 Å². The number of ether oxygens (including phenoxy) is 2. The van der Waals surface area contributed by atoms with Gasteiger partial charge in [0.25, 0.3) is 5.91 Å². The molecule has 2 unspecified atom stereocenters. The maximum atomic E-state index is 12.1. The van der Waals surface area contributed by atoms with Crippen LogP contribution in [0.4, 0.5) is 14.5 Å². The van der Waals surface area contributed by atoms with Gasteiger partial charge < -0.3 is 19.7 Å². The van der Waals surface area contributed by atoms with Gasteiger partial charge in [-0.2, -0.15) is 8.78 Å². The van der Waals surface area contributed by atoms with Gasteiger partial charge in [-0.3, -0.25) is 4.79 Å². The van der Waals surface area contributed by atoms with Crippen LogP contribution in [0.15, 0.2) is 24.3 Å². The number of amides is 1. The minimum atomic E-state index is -2.81. The van der Waals surface area contributed by atoms with Crippen molar-refractivity contribution in [1.82, 2.24) is 5.32 Å². The van der Waals surface area contributed by atoms with E-state index in [2.05, 4.69) is 15.0 Å². The molecule has 2 aliphatic heterocycles. The van der Waals surface area contributed by atoms with Gasteiger partial charge in [0, 0.05) is 24.8 Å². The molecule has 0 aromatic heterocycles. The van der Waals surface area contributed by atoms with Crippen molar-refractivity contribution < 1.29 is 23.0 Å². The standard InChI is InChI=1S/C15H18F2N2O3/c16-15(17)22-12-5-3-11(4-6-12)19-7-1-2-10(8-19)18-14(20)13-9-21-13/h3-6,10,13,15H,1-2,7-9H2,(H,18,20). The van der Waals surface area contributed by atoms with Gasteiger partial charge in [-0.25, -0.2) is 0 Å². The third kappa shape index (κ3) is 3.85. The van der Waals surface area contributed by atoms with Crippen LogP contribution in [0.3, 0.4) is 0 Å². The van der Waals surface area contributed by atoms with Crippen molar-refractivity contribution in [3.05, 3.63) is 24.3 Å². The second-order valence-corrected chi connectivity index (χ2v) is 5.49. The Labute approximate surface area is 127 Å². The molecule has 1 amide bonds. The molecule has 7 heteroatoms. The van der Waals surface area contributed by atoms with Crippen molar-refractivity contribution in [3.8, 4) is 5.75 Å². The molecule has 5 nitrogen and oxygen atoms in total. The number of piperidine rings is 1. The average molecular weight is 312 g/mol. The van der Waals surface area contributed by atoms with E-state index in [1.165, 1.54) is 12.1 Å². The van der Waals surface area contributed by atoms with Crippen LogP contribution in [0.1, 0.15) is 12.8 Å². The van der Waals surface area contributed by atoms with Crippen molar-refractivity contribution in [2.45, 2.75) is 31.6 Å². The van der Waals surface area contributed by atoms with Crippen LogP contribution >= 0.6 is 0 Å². The molecule has 2 fully saturated rings. The van der Waals surface area contributed by atoms with E-state index in [1.807, 2.05) is 0 Å². The molecule has 1 aromatic rings. The fourth-order valence-electron chi connectivity index (χ4n) is 2.66. The zero-order valence-electron chi connectivity index (χ0n) is 12.0. The van der Waals surface area contributed by atoms with E-state index in [1.54, 1.807) is 12.1 Å². The van der Waals surface area contributed by atoms with Crippen LogP contribution in [0.5, 0.6) is 5.75 Å². The first-order valence-electron chi connectivity index (χ1n) is 7.33. The van der Waals surface area contributed by atoms with E-state index in [0.717, 1.165) is 25.1 Å². The monoisotopic (exact) mass is 312 g/mol. The summed E-state index contributed by atoms with van der Waals surface area (Å²) in [6.07, 6.45) is 1.62. The van der Waals surface area contributed by atoms with E-state index >= 15 is 0 Å². The molecule has 0 saturated carbocycles. The minimum Gasteiger partial charge on any atom is -0.435 e. The molecule has 0 radical (unpaired) electrons. The Morgan fingerprint density at radius 3 is 2.73 bits per heavy atom. The van der Waals surface area contributed by atoms with Gasteiger partial charge in [0.15, 0.2) is 6.10 Å². The van der Waals surface area contributed by atoms with Gasteiger partial charge >= 0.3 is 6.61 Å². The number of alkyl halides is 2. The molecular formula is C15H18F2N2O3. The number of rotatable bonds is 5. The van der Waals surface area contributed by atoms with Crippen molar-refractivity contribution in [3.63, 3.8) is 0 Å². The summed E-state index contributed by atoms with van der Waals surface area (Å²) in [4.78, 5) is 13.9. The number of halogens is 2. The van der Waals surface area contributed by atoms with Crippen molar-refractivity contribution in [2.75, 3.05) is 24.6 Å². The smallest absolute Gasteiger partial charge is 0.387 e. The predicted molar refractivity (Wildman–Crippen MR) is 76.2 cm³/mol. The summed E-state index contributed by atoms with van der Waals surface area (Å²) in [5.41, 5.74) is 0.934. The molecule has 2 aliphatic rings. The summed E-state index contributed by atoms with van der Waals surface area (Å²) in [5, 5.41) is 2.99. The fraction of sp³-hybridized carbons (Fsp3) is 0.533. The van der Waals surface area contributed by atoms with Gasteiger partial charge in [-0.15, -0.1) is 0 Å². The summed E-state index contributed by atoms with van der Waals surface area (Å²) in [6.45, 7) is -0.729. The van der Waals surface area contributed by atoms with Gasteiger partial charge in [0.2, 0.25) is 0 Å². The number of hydrogen-bond donors (Lipinski definition) is 1. The lowest BCUT2D eigenvalue weighted by Crippen LogP contribution is -2.48. The molecule has 1 aromatic carbocycles. The lowest BCUT2D eigenvalue weighted by Gasteiger charge is -2.34. The molecule has 1 N–H and O–H groups in total. The number of hydrogen-bond acceptors (Lipinski definition) is 4. The Bertz CT molecular complexity index is 520. The second kappa shape index (κ2) is 6.48. The zero-order valence-corrected chi connectivity index (χ0v) is 12.0. The number of carbonyl (C=O) groups excluding carboxylic acids is 1. The molecule has 0 aliphatic carbocycles. The van der Waals surface area contributed by atoms with E-state index < -0.39 is 6.61 Å². The first kappa shape index (κ1) is 15.0. The van der Waals surface area contributed by atoms with Gasteiger partial charge in [0.05, 0.1) is 6.61 Å². The highest BCUT2D eigenvalue weighted by molar-refractivity contribution is 5.83. The Kier molecular flexibility index (Phi) is 4.42. The number of carbonyl (C=O) groups is 1. The normalized spacial score (nSPS) is 24.2. The van der Waals surface area contributed by atoms with E-state index in [9.17, 15) is 13.6 Å². The Morgan fingerprint density at radius 1 is 1.36 bits per heavy atom. The topological polar surface area (TPSA) is 54.1 Å². The molecule has 0 bridgehead atoms. The van der Waals surface area contributed by atoms with Crippen molar-refractivity contribution in [2.24, 2.45) is 0 Å². The van der Waals surface area contributed by atoms with E-state index in [-0.39, 0.29) is 23.8 Å². The summed E-state index contributed by atoms with van der Waals surface area (Å²) in [6, 6.07) is 6.66. The molecule has 120 valence electrons. The van der Waals surface area contributed by atoms with Gasteiger partial charge in [0.1, 0.15) is 5.75 Å². The van der Waals surface area contributed by atoms with Gasteiger partial charge in [-0.1, -0.05) is 0 Å². The summed E-state index contributed by atoms with van der Waals surface area (Å²) >= 11 is 0. The van der Waals surface area contributed by atoms with E-state index in [0.29, 0.717) is 13.2 Å². The maximum absolute atomic E-state index is 12.1. The molecule has 3 rings (SSSR count). The predicted octanol–water partition coefficient (Wildman–Crippen LogP) is 1.77. The highest BCUT2D eigenvalue weighted by Gasteiger charge is 2.33. The Balaban J connectivity index is 1.57. The Hall–Kier alpha value is -1.89. The lowest BCUT2D eigenvalue weighted by molar-refractivity contribution is -0.123. The SMILES string of the molecule is O=C(NC1CCCN(c2ccc(OC(F)F)cc2)C1)C1CO1. The van der Waals surface area contributed by atoms with Crippen molar-refractivity contribution >= 4 is 11.6 Å². The zero-order chi connectivity index (χ0) is 15.5. The number of nitrogens with one attached hydrogen (secondary N) is 1. The van der Waals surface area contributed by atoms with Crippen LogP contribution in [0.2, 0.25) is 0 Å². The molecular weight excluding hydrogens is 294 g/mol. The average Bonchev–Trinajstić information content (AvgIpc) is 3.32. The largest absolute Gasteiger partial charge is 0.435 e. The Morgan fingerprint density at radius 2 is 2.09 bits per heavy atom. The number of benzene rings is 1. The minimum absolute atomic E-state index is 0.0486. The highest BCUT2D eigenvalue weighted by Crippen LogP contribution is 2.24. The van der Waals surface area contributed by atoms with E-state index in [4.69, 9.17) is 4.74 Å². The molecule has 2 heterocycles. The summed E-state index contributed by atoms with van der Waals surface area (Å²) < 4.78 is 33.6. The first-order chi connectivity index (χ1) is 10.6. The number of anilines is 1. The molecule has 2 atom stereocenters. The van der Waals surface area contributed by atoms with Crippen LogP contribution in [-0.4, -0.2) is 44.4 Å². The number of nitrogens with zero attached hydrogens (tertiary/aromatic N) is 1. The molecule has 22 heavy (non-hydrogen) atoms. The summed E-state index contributed by atoms with van der Waals surface area (Å²) in [5.74, 6) is 0.0963. The number of epoxide rings is 1. The first-order valence-corrected chi connectivity index (χ1v) is 7.33. The highest BCUT2D eigenvalue weighted by atomic mass is 19.3. The van der Waals surface area contributed by atoms with Crippen LogP contribution in [-0.2, 0) is 9.53 Å². The summed E-state index contributed by atoms with van der Waals surface area (Å²) in [7, 11) is 0. The lowest BCUT2D eigenvalue weighted by atomic mass is 10.0. The fourth-order valence-corrected chi connectivity index (χ4v) is 2.66. The third-order valence-electron chi connectivity index (χ3n) is 3.82. The van der Waals surface area contributed by atoms with Gasteiger partial charge in [-0.05, 0) is 37.1 Å². The molecule has 2 saturated heterocycles. The van der Waals surface area contributed by atoms with Crippen LogP contribution in [0, 0.1) is 0 Å².